The summed E-state index contributed by atoms with van der Waals surface area (Å²) in [6.45, 7) is 2.23. The molecule has 4 rings (SSSR count). The fourth-order valence-corrected chi connectivity index (χ4v) is 4.54. The lowest BCUT2D eigenvalue weighted by molar-refractivity contribution is 0.0940. The predicted molar refractivity (Wildman–Crippen MR) is 125 cm³/mol. The first kappa shape index (κ1) is 21.0. The Morgan fingerprint density at radius 3 is 2.29 bits per heavy atom. The Hall–Kier alpha value is -3.28. The number of benzene rings is 3. The molecule has 6 heteroatoms. The Labute approximate surface area is 189 Å². The number of aromatic nitrogens is 1. The number of nitrogens with one attached hydrogen (secondary N) is 1. The molecule has 31 heavy (non-hydrogen) atoms. The second-order valence-corrected chi connectivity index (χ2v) is 8.42. The number of halogens is 1. The van der Waals surface area contributed by atoms with Gasteiger partial charge in [0.2, 0.25) is 0 Å². The summed E-state index contributed by atoms with van der Waals surface area (Å²) >= 11 is 7.78. The van der Waals surface area contributed by atoms with Crippen LogP contribution >= 0.6 is 22.9 Å². The van der Waals surface area contributed by atoms with Crippen molar-refractivity contribution in [2.45, 2.75) is 13.5 Å². The van der Waals surface area contributed by atoms with Crippen LogP contribution in [0.5, 0.6) is 0 Å². The maximum Gasteiger partial charge on any atom is 0.252 e. The maximum absolute atomic E-state index is 12.9. The van der Waals surface area contributed by atoms with Gasteiger partial charge in [-0.15, -0.1) is 11.3 Å². The fourth-order valence-electron chi connectivity index (χ4n) is 3.22. The molecule has 1 heterocycles. The average molecular weight is 447 g/mol. The van der Waals surface area contributed by atoms with Gasteiger partial charge in [0.25, 0.3) is 5.91 Å². The molecule has 0 atom stereocenters. The zero-order valence-electron chi connectivity index (χ0n) is 16.8. The van der Waals surface area contributed by atoms with Crippen LogP contribution in [0.4, 0.5) is 0 Å². The van der Waals surface area contributed by atoms with E-state index in [4.69, 9.17) is 11.6 Å². The molecule has 0 aliphatic carbocycles. The topological polar surface area (TPSA) is 59.1 Å². The molecule has 1 N–H and O–H groups in total. The third kappa shape index (κ3) is 4.58. The summed E-state index contributed by atoms with van der Waals surface area (Å²) in [5.74, 6) is -0.478. The van der Waals surface area contributed by atoms with E-state index in [9.17, 15) is 9.59 Å². The van der Waals surface area contributed by atoms with Crippen molar-refractivity contribution in [3.8, 4) is 10.6 Å². The smallest absolute Gasteiger partial charge is 0.252 e. The Bertz CT molecular complexity index is 1250. The van der Waals surface area contributed by atoms with Gasteiger partial charge in [0.1, 0.15) is 5.01 Å². The molecule has 0 bridgehead atoms. The van der Waals surface area contributed by atoms with Gasteiger partial charge in [-0.2, -0.15) is 0 Å². The number of rotatable bonds is 6. The predicted octanol–water partition coefficient (Wildman–Crippen LogP) is 5.93. The van der Waals surface area contributed by atoms with Gasteiger partial charge in [0, 0.05) is 21.6 Å². The highest BCUT2D eigenvalue weighted by Crippen LogP contribution is 2.32. The molecule has 0 spiro atoms. The highest BCUT2D eigenvalue weighted by molar-refractivity contribution is 7.15. The van der Waals surface area contributed by atoms with Crippen LogP contribution in [0.2, 0.25) is 5.02 Å². The monoisotopic (exact) mass is 446 g/mol. The molecule has 154 valence electrons. The molecule has 0 fully saturated rings. The van der Waals surface area contributed by atoms with Crippen molar-refractivity contribution in [3.63, 3.8) is 0 Å². The van der Waals surface area contributed by atoms with Crippen molar-refractivity contribution < 1.29 is 9.59 Å². The number of carbonyl (C=O) groups is 2. The van der Waals surface area contributed by atoms with E-state index in [1.54, 1.807) is 48.5 Å². The molecule has 0 saturated carbocycles. The maximum atomic E-state index is 12.9. The number of thiazole rings is 1. The quantitative estimate of drug-likeness (QED) is 0.373. The molecular weight excluding hydrogens is 428 g/mol. The van der Waals surface area contributed by atoms with Crippen LogP contribution in [-0.4, -0.2) is 16.7 Å². The van der Waals surface area contributed by atoms with E-state index in [0.29, 0.717) is 28.3 Å². The third-order valence-corrected chi connectivity index (χ3v) is 6.38. The van der Waals surface area contributed by atoms with Crippen LogP contribution in [-0.2, 0) is 6.54 Å². The van der Waals surface area contributed by atoms with E-state index in [-0.39, 0.29) is 11.7 Å². The van der Waals surface area contributed by atoms with E-state index in [1.807, 2.05) is 37.3 Å². The van der Waals surface area contributed by atoms with Crippen LogP contribution < -0.4 is 5.32 Å². The van der Waals surface area contributed by atoms with Crippen LogP contribution in [0, 0.1) is 6.92 Å². The second-order valence-electron chi connectivity index (χ2n) is 6.93. The van der Waals surface area contributed by atoms with Gasteiger partial charge < -0.3 is 5.32 Å². The van der Waals surface area contributed by atoms with Gasteiger partial charge in [0.15, 0.2) is 5.78 Å². The number of hydrogen-bond donors (Lipinski definition) is 1. The average Bonchev–Trinajstić information content (AvgIpc) is 3.18. The van der Waals surface area contributed by atoms with Crippen molar-refractivity contribution in [2.75, 3.05) is 0 Å². The van der Waals surface area contributed by atoms with Crippen LogP contribution in [0.3, 0.4) is 0 Å². The van der Waals surface area contributed by atoms with Crippen LogP contribution in [0.1, 0.15) is 36.9 Å². The summed E-state index contributed by atoms with van der Waals surface area (Å²) < 4.78 is 0. The van der Waals surface area contributed by atoms with Crippen molar-refractivity contribution in [2.24, 2.45) is 0 Å². The molecule has 4 aromatic rings. The lowest BCUT2D eigenvalue weighted by atomic mass is 9.98. The Balaban J connectivity index is 1.53. The molecule has 3 aromatic carbocycles. The second kappa shape index (κ2) is 9.25. The largest absolute Gasteiger partial charge is 0.347 e. The summed E-state index contributed by atoms with van der Waals surface area (Å²) in [5, 5.41) is 4.38. The summed E-state index contributed by atoms with van der Waals surface area (Å²) in [4.78, 5) is 31.4. The summed E-state index contributed by atoms with van der Waals surface area (Å²) in [5.41, 5.74) is 2.99. The zero-order valence-corrected chi connectivity index (χ0v) is 18.3. The standard InChI is InChI=1S/C25H19ClN2O2S/c1-16-22(31-25(28-16)20-13-7-8-14-21(20)26)15-27-24(30)19-12-6-5-11-18(19)23(29)17-9-3-2-4-10-17/h2-14H,15H2,1H3,(H,27,30). The summed E-state index contributed by atoms with van der Waals surface area (Å²) in [7, 11) is 0. The van der Waals surface area contributed by atoms with E-state index >= 15 is 0 Å². The number of carbonyl (C=O) groups excluding carboxylic acids is 2. The molecule has 0 radical (unpaired) electrons. The summed E-state index contributed by atoms with van der Waals surface area (Å²) in [6.07, 6.45) is 0. The molecule has 0 aliphatic heterocycles. The number of nitrogens with zero attached hydrogens (tertiary/aromatic N) is 1. The van der Waals surface area contributed by atoms with E-state index in [0.717, 1.165) is 21.1 Å². The van der Waals surface area contributed by atoms with Crippen LogP contribution in [0.25, 0.3) is 10.6 Å². The first-order chi connectivity index (χ1) is 15.0. The van der Waals surface area contributed by atoms with E-state index < -0.39 is 0 Å². The fraction of sp³-hybridized carbons (Fsp3) is 0.0800. The normalized spacial score (nSPS) is 10.6. The molecule has 0 aliphatic rings. The van der Waals surface area contributed by atoms with Crippen molar-refractivity contribution >= 4 is 34.6 Å². The minimum absolute atomic E-state index is 0.179. The molecule has 1 amide bonds. The summed E-state index contributed by atoms with van der Waals surface area (Å²) in [6, 6.07) is 23.4. The van der Waals surface area contributed by atoms with Gasteiger partial charge in [-0.25, -0.2) is 4.98 Å². The third-order valence-electron chi connectivity index (χ3n) is 4.86. The van der Waals surface area contributed by atoms with Crippen molar-refractivity contribution in [3.05, 3.63) is 111 Å². The van der Waals surface area contributed by atoms with Crippen LogP contribution in [0.15, 0.2) is 78.9 Å². The SMILES string of the molecule is Cc1nc(-c2ccccc2Cl)sc1CNC(=O)c1ccccc1C(=O)c1ccccc1. The van der Waals surface area contributed by atoms with Gasteiger partial charge in [-0.3, -0.25) is 9.59 Å². The highest BCUT2D eigenvalue weighted by Gasteiger charge is 2.19. The zero-order chi connectivity index (χ0) is 21.8. The van der Waals surface area contributed by atoms with Gasteiger partial charge in [-0.05, 0) is 19.1 Å². The molecule has 4 nitrogen and oxygen atoms in total. The molecular formula is C25H19ClN2O2S. The van der Waals surface area contributed by atoms with Gasteiger partial charge in [-0.1, -0.05) is 78.3 Å². The number of hydrogen-bond acceptors (Lipinski definition) is 4. The number of amides is 1. The van der Waals surface area contributed by atoms with E-state index in [1.165, 1.54) is 11.3 Å². The first-order valence-electron chi connectivity index (χ1n) is 9.73. The minimum Gasteiger partial charge on any atom is -0.347 e. The van der Waals surface area contributed by atoms with Crippen molar-refractivity contribution in [1.29, 1.82) is 0 Å². The number of aryl methyl sites for hydroxylation is 1. The van der Waals surface area contributed by atoms with Crippen molar-refractivity contribution in [1.82, 2.24) is 10.3 Å². The molecule has 0 saturated heterocycles. The Morgan fingerprint density at radius 1 is 0.903 bits per heavy atom. The molecule has 0 unspecified atom stereocenters. The number of ketones is 1. The highest BCUT2D eigenvalue weighted by atomic mass is 35.5. The molecule has 1 aromatic heterocycles. The lowest BCUT2D eigenvalue weighted by Gasteiger charge is -2.09. The minimum atomic E-state index is -0.299. The van der Waals surface area contributed by atoms with E-state index in [2.05, 4.69) is 10.3 Å². The first-order valence-corrected chi connectivity index (χ1v) is 10.9. The lowest BCUT2D eigenvalue weighted by Crippen LogP contribution is -2.25. The Morgan fingerprint density at radius 2 is 1.55 bits per heavy atom. The van der Waals surface area contributed by atoms with Gasteiger partial charge in [0.05, 0.1) is 22.8 Å². The Kier molecular flexibility index (Phi) is 6.26. The van der Waals surface area contributed by atoms with Gasteiger partial charge >= 0.3 is 0 Å².